The Bertz CT molecular complexity index is 1220. The standard InChI is InChI=1S/C23H23N5O2/c1-4-15-7-5-6-8-18(15)26-23-27-19-13-16(9-10-21(19)28(23)3)30-17-11-12-25-20(14-17)22(29)24-2/h5-14H,4H2,1-3H3,(H,24,29)(H,26,27). The Morgan fingerprint density at radius 2 is 1.90 bits per heavy atom. The molecule has 30 heavy (non-hydrogen) atoms. The number of rotatable bonds is 6. The monoisotopic (exact) mass is 401 g/mol. The second kappa shape index (κ2) is 8.24. The van der Waals surface area contributed by atoms with Gasteiger partial charge in [-0.2, -0.15) is 0 Å². The molecule has 7 nitrogen and oxygen atoms in total. The molecule has 0 radical (unpaired) electrons. The molecule has 0 aliphatic heterocycles. The van der Waals surface area contributed by atoms with Gasteiger partial charge in [0.1, 0.15) is 17.2 Å². The molecule has 0 unspecified atom stereocenters. The smallest absolute Gasteiger partial charge is 0.269 e. The lowest BCUT2D eigenvalue weighted by atomic mass is 10.1. The summed E-state index contributed by atoms with van der Waals surface area (Å²) in [7, 11) is 3.54. The van der Waals surface area contributed by atoms with Gasteiger partial charge < -0.3 is 19.9 Å². The van der Waals surface area contributed by atoms with Gasteiger partial charge in [0.05, 0.1) is 11.0 Å². The zero-order valence-electron chi connectivity index (χ0n) is 17.1. The van der Waals surface area contributed by atoms with E-state index in [0.29, 0.717) is 17.2 Å². The maximum Gasteiger partial charge on any atom is 0.269 e. The van der Waals surface area contributed by atoms with Gasteiger partial charge in [-0.05, 0) is 36.2 Å². The van der Waals surface area contributed by atoms with Crippen molar-refractivity contribution in [3.63, 3.8) is 0 Å². The lowest BCUT2D eigenvalue weighted by molar-refractivity contribution is 0.0958. The topological polar surface area (TPSA) is 81.1 Å². The summed E-state index contributed by atoms with van der Waals surface area (Å²) in [5.74, 6) is 1.67. The molecule has 0 bridgehead atoms. The highest BCUT2D eigenvalue weighted by Gasteiger charge is 2.12. The van der Waals surface area contributed by atoms with Crippen LogP contribution in [0, 0.1) is 0 Å². The molecule has 0 aliphatic rings. The van der Waals surface area contributed by atoms with E-state index in [9.17, 15) is 4.79 Å². The van der Waals surface area contributed by atoms with Crippen LogP contribution >= 0.6 is 0 Å². The van der Waals surface area contributed by atoms with Crippen molar-refractivity contribution in [2.75, 3.05) is 12.4 Å². The molecule has 2 heterocycles. The number of benzene rings is 2. The Hall–Kier alpha value is -3.87. The summed E-state index contributed by atoms with van der Waals surface area (Å²) in [6.45, 7) is 2.13. The number of amides is 1. The third-order valence-electron chi connectivity index (χ3n) is 4.92. The highest BCUT2D eigenvalue weighted by molar-refractivity contribution is 5.92. The minimum Gasteiger partial charge on any atom is -0.457 e. The average Bonchev–Trinajstić information content (AvgIpc) is 3.08. The van der Waals surface area contributed by atoms with E-state index in [1.54, 1.807) is 25.4 Å². The van der Waals surface area contributed by atoms with Crippen LogP contribution in [0.25, 0.3) is 11.0 Å². The first-order valence-corrected chi connectivity index (χ1v) is 9.76. The van der Waals surface area contributed by atoms with E-state index in [1.165, 1.54) is 5.56 Å². The predicted molar refractivity (Wildman–Crippen MR) is 118 cm³/mol. The van der Waals surface area contributed by atoms with E-state index in [4.69, 9.17) is 9.72 Å². The number of fused-ring (bicyclic) bond motifs is 1. The number of pyridine rings is 1. The zero-order chi connectivity index (χ0) is 21.1. The highest BCUT2D eigenvalue weighted by Crippen LogP contribution is 2.29. The fraction of sp³-hybridized carbons (Fsp3) is 0.174. The number of nitrogens with zero attached hydrogens (tertiary/aromatic N) is 3. The Balaban J connectivity index is 1.61. The van der Waals surface area contributed by atoms with Gasteiger partial charge in [-0.15, -0.1) is 0 Å². The van der Waals surface area contributed by atoms with Gasteiger partial charge in [0.2, 0.25) is 5.95 Å². The minimum absolute atomic E-state index is 0.260. The van der Waals surface area contributed by atoms with E-state index in [-0.39, 0.29) is 5.91 Å². The van der Waals surface area contributed by atoms with Crippen LogP contribution in [-0.2, 0) is 13.5 Å². The number of hydrogen-bond acceptors (Lipinski definition) is 5. The fourth-order valence-electron chi connectivity index (χ4n) is 3.29. The second-order valence-electron chi connectivity index (χ2n) is 6.84. The van der Waals surface area contributed by atoms with Crippen LogP contribution in [0.4, 0.5) is 11.6 Å². The third-order valence-corrected chi connectivity index (χ3v) is 4.92. The highest BCUT2D eigenvalue weighted by atomic mass is 16.5. The fourth-order valence-corrected chi connectivity index (χ4v) is 3.29. The van der Waals surface area contributed by atoms with Crippen molar-refractivity contribution in [3.8, 4) is 11.5 Å². The number of aromatic nitrogens is 3. The van der Waals surface area contributed by atoms with E-state index < -0.39 is 0 Å². The molecule has 0 saturated heterocycles. The minimum atomic E-state index is -0.260. The summed E-state index contributed by atoms with van der Waals surface area (Å²) < 4.78 is 7.95. The second-order valence-corrected chi connectivity index (χ2v) is 6.84. The van der Waals surface area contributed by atoms with Gasteiger partial charge in [0.25, 0.3) is 5.91 Å². The molecule has 0 aliphatic carbocycles. The molecule has 0 atom stereocenters. The maximum atomic E-state index is 11.8. The molecule has 2 aromatic heterocycles. The number of anilines is 2. The van der Waals surface area contributed by atoms with Crippen molar-refractivity contribution in [3.05, 3.63) is 72.1 Å². The molecule has 0 fully saturated rings. The van der Waals surface area contributed by atoms with Gasteiger partial charge in [0.15, 0.2) is 0 Å². The summed E-state index contributed by atoms with van der Waals surface area (Å²) in [6.07, 6.45) is 2.49. The number of imidazole rings is 1. The molecule has 4 rings (SSSR count). The summed E-state index contributed by atoms with van der Waals surface area (Å²) in [4.78, 5) is 20.6. The van der Waals surface area contributed by atoms with E-state index in [0.717, 1.165) is 29.1 Å². The third kappa shape index (κ3) is 3.82. The molecule has 152 valence electrons. The Morgan fingerprint density at radius 1 is 1.10 bits per heavy atom. The van der Waals surface area contributed by atoms with Crippen LogP contribution in [0.1, 0.15) is 23.0 Å². The lowest BCUT2D eigenvalue weighted by Gasteiger charge is -2.10. The predicted octanol–water partition coefficient (Wildman–Crippen LogP) is 4.43. The molecule has 0 saturated carbocycles. The molecule has 1 amide bonds. The summed E-state index contributed by atoms with van der Waals surface area (Å²) in [5, 5.41) is 5.99. The van der Waals surface area contributed by atoms with Crippen LogP contribution < -0.4 is 15.4 Å². The van der Waals surface area contributed by atoms with E-state index in [2.05, 4.69) is 34.7 Å². The normalized spacial score (nSPS) is 10.8. The van der Waals surface area contributed by atoms with E-state index >= 15 is 0 Å². The van der Waals surface area contributed by atoms with Crippen molar-refractivity contribution in [1.82, 2.24) is 19.9 Å². The number of carbonyl (C=O) groups is 1. The number of aryl methyl sites for hydroxylation is 2. The average molecular weight is 401 g/mol. The molecule has 0 spiro atoms. The number of ether oxygens (including phenoxy) is 1. The Labute approximate surface area is 174 Å². The molecular weight excluding hydrogens is 378 g/mol. The van der Waals surface area contributed by atoms with Crippen molar-refractivity contribution >= 4 is 28.6 Å². The van der Waals surface area contributed by atoms with Gasteiger partial charge in [-0.3, -0.25) is 9.78 Å². The number of para-hydroxylation sites is 1. The molecule has 2 N–H and O–H groups in total. The Kier molecular flexibility index (Phi) is 5.34. The van der Waals surface area contributed by atoms with Gasteiger partial charge in [-0.25, -0.2) is 4.98 Å². The van der Waals surface area contributed by atoms with Gasteiger partial charge >= 0.3 is 0 Å². The Morgan fingerprint density at radius 3 is 2.70 bits per heavy atom. The van der Waals surface area contributed by atoms with Crippen molar-refractivity contribution in [2.24, 2.45) is 7.05 Å². The first-order valence-electron chi connectivity index (χ1n) is 9.76. The van der Waals surface area contributed by atoms with Crippen molar-refractivity contribution in [2.45, 2.75) is 13.3 Å². The first-order chi connectivity index (χ1) is 14.6. The van der Waals surface area contributed by atoms with Crippen LogP contribution in [0.5, 0.6) is 11.5 Å². The number of carbonyl (C=O) groups excluding carboxylic acids is 1. The lowest BCUT2D eigenvalue weighted by Crippen LogP contribution is -2.18. The number of nitrogens with one attached hydrogen (secondary N) is 2. The summed E-state index contributed by atoms with van der Waals surface area (Å²) >= 11 is 0. The van der Waals surface area contributed by atoms with Gasteiger partial charge in [-0.1, -0.05) is 25.1 Å². The number of hydrogen-bond donors (Lipinski definition) is 2. The molecule has 4 aromatic rings. The van der Waals surface area contributed by atoms with Crippen LogP contribution in [0.15, 0.2) is 60.8 Å². The molecule has 2 aromatic carbocycles. The zero-order valence-corrected chi connectivity index (χ0v) is 17.1. The van der Waals surface area contributed by atoms with Crippen molar-refractivity contribution in [1.29, 1.82) is 0 Å². The van der Waals surface area contributed by atoms with Crippen LogP contribution in [-0.4, -0.2) is 27.5 Å². The SMILES string of the molecule is CCc1ccccc1Nc1nc2cc(Oc3ccnc(C(=O)NC)c3)ccc2n1C. The van der Waals surface area contributed by atoms with Gasteiger partial charge in [0, 0.05) is 38.1 Å². The van der Waals surface area contributed by atoms with Crippen molar-refractivity contribution < 1.29 is 9.53 Å². The van der Waals surface area contributed by atoms with Crippen LogP contribution in [0.2, 0.25) is 0 Å². The van der Waals surface area contributed by atoms with E-state index in [1.807, 2.05) is 41.9 Å². The summed E-state index contributed by atoms with van der Waals surface area (Å²) in [6, 6.07) is 17.3. The maximum absolute atomic E-state index is 11.8. The summed E-state index contributed by atoms with van der Waals surface area (Å²) in [5.41, 5.74) is 4.38. The largest absolute Gasteiger partial charge is 0.457 e. The quantitative estimate of drug-likeness (QED) is 0.500. The first kappa shape index (κ1) is 19.4. The molecular formula is C23H23N5O2. The molecule has 7 heteroatoms. The van der Waals surface area contributed by atoms with Crippen LogP contribution in [0.3, 0.4) is 0 Å².